The summed E-state index contributed by atoms with van der Waals surface area (Å²) in [5, 5.41) is 19.7. The van der Waals surface area contributed by atoms with Gasteiger partial charge in [0.2, 0.25) is 0 Å². The highest BCUT2D eigenvalue weighted by atomic mass is 16.6. The molecule has 1 aromatic carbocycles. The molecule has 80 valence electrons. The zero-order valence-electron chi connectivity index (χ0n) is 7.97. The molecule has 0 amide bonds. The number of nitrogens with zero attached hydrogens (tertiary/aromatic N) is 1. The van der Waals surface area contributed by atoms with E-state index in [4.69, 9.17) is 5.11 Å². The van der Waals surface area contributed by atoms with Crippen LogP contribution in [0.2, 0.25) is 0 Å². The Hall–Kier alpha value is -2.11. The number of ether oxygens (including phenoxy) is 1. The number of aromatic hydroxyl groups is 1. The third kappa shape index (κ3) is 2.94. The Morgan fingerprint density at radius 2 is 2.27 bits per heavy atom. The van der Waals surface area contributed by atoms with Gasteiger partial charge in [-0.2, -0.15) is 0 Å². The molecule has 0 bridgehead atoms. The fourth-order valence-electron chi connectivity index (χ4n) is 1.05. The molecule has 0 saturated carbocycles. The van der Waals surface area contributed by atoms with Gasteiger partial charge in [-0.25, -0.2) is 0 Å². The minimum Gasteiger partial charge on any atom is -0.508 e. The highest BCUT2D eigenvalue weighted by Crippen LogP contribution is 2.23. The van der Waals surface area contributed by atoms with Gasteiger partial charge in [-0.1, -0.05) is 0 Å². The van der Waals surface area contributed by atoms with Gasteiger partial charge in [-0.15, -0.1) is 0 Å². The highest BCUT2D eigenvalue weighted by molar-refractivity contribution is 5.66. The molecule has 15 heavy (non-hydrogen) atoms. The zero-order valence-corrected chi connectivity index (χ0v) is 7.97. The molecule has 1 rings (SSSR count). The van der Waals surface area contributed by atoms with Crippen molar-refractivity contribution in [1.82, 2.24) is 0 Å². The van der Waals surface area contributed by atoms with Crippen molar-refractivity contribution in [2.45, 2.75) is 13.5 Å². The molecule has 0 unspecified atom stereocenters. The van der Waals surface area contributed by atoms with E-state index >= 15 is 0 Å². The maximum atomic E-state index is 10.6. The lowest BCUT2D eigenvalue weighted by Crippen LogP contribution is -2.02. The molecule has 0 aliphatic heterocycles. The van der Waals surface area contributed by atoms with Gasteiger partial charge in [0, 0.05) is 13.0 Å². The van der Waals surface area contributed by atoms with Gasteiger partial charge in [0.25, 0.3) is 5.69 Å². The number of esters is 1. The van der Waals surface area contributed by atoms with E-state index < -0.39 is 10.9 Å². The second-order valence-electron chi connectivity index (χ2n) is 2.85. The van der Waals surface area contributed by atoms with E-state index in [1.807, 2.05) is 0 Å². The Bertz CT molecular complexity index is 401. The number of benzene rings is 1. The molecule has 0 atom stereocenters. The number of nitro groups is 1. The lowest BCUT2D eigenvalue weighted by atomic mass is 10.2. The van der Waals surface area contributed by atoms with Gasteiger partial charge in [-0.3, -0.25) is 14.9 Å². The van der Waals surface area contributed by atoms with Gasteiger partial charge < -0.3 is 9.84 Å². The summed E-state index contributed by atoms with van der Waals surface area (Å²) in [5.74, 6) is -0.643. The van der Waals surface area contributed by atoms with Gasteiger partial charge in [0.05, 0.1) is 10.5 Å². The Labute approximate surface area is 85.2 Å². The monoisotopic (exact) mass is 211 g/mol. The summed E-state index contributed by atoms with van der Waals surface area (Å²) in [6.45, 7) is 0.981. The summed E-state index contributed by atoms with van der Waals surface area (Å²) < 4.78 is 4.62. The SMILES string of the molecule is CC(=O)OCc1cc(O)ccc1[N+](=O)[O-]. The summed E-state index contributed by atoms with van der Waals surface area (Å²) in [5.41, 5.74) is -0.0238. The third-order valence-electron chi connectivity index (χ3n) is 1.69. The van der Waals surface area contributed by atoms with Crippen molar-refractivity contribution in [3.05, 3.63) is 33.9 Å². The minimum atomic E-state index is -0.599. The number of rotatable bonds is 3. The molecule has 0 spiro atoms. The number of carbonyl (C=O) groups excluding carboxylic acids is 1. The third-order valence-corrected chi connectivity index (χ3v) is 1.69. The summed E-state index contributed by atoms with van der Waals surface area (Å²) in [6.07, 6.45) is 0. The predicted octanol–water partition coefficient (Wildman–Crippen LogP) is 1.36. The molecule has 0 aromatic heterocycles. The van der Waals surface area contributed by atoms with Crippen molar-refractivity contribution in [2.75, 3.05) is 0 Å². The first-order valence-corrected chi connectivity index (χ1v) is 4.10. The molecular weight excluding hydrogens is 202 g/mol. The normalized spacial score (nSPS) is 9.67. The topological polar surface area (TPSA) is 89.7 Å². The fourth-order valence-corrected chi connectivity index (χ4v) is 1.05. The van der Waals surface area contributed by atoms with Crippen LogP contribution in [0.3, 0.4) is 0 Å². The number of carbonyl (C=O) groups is 1. The second-order valence-corrected chi connectivity index (χ2v) is 2.85. The first-order chi connectivity index (χ1) is 7.00. The van der Waals surface area contributed by atoms with Crippen LogP contribution >= 0.6 is 0 Å². The van der Waals surface area contributed by atoms with Crippen LogP contribution in [-0.2, 0) is 16.1 Å². The molecule has 0 aliphatic rings. The van der Waals surface area contributed by atoms with Crippen molar-refractivity contribution >= 4 is 11.7 Å². The summed E-state index contributed by atoms with van der Waals surface area (Å²) >= 11 is 0. The van der Waals surface area contributed by atoms with Crippen LogP contribution in [0, 0.1) is 10.1 Å². The van der Waals surface area contributed by atoms with Crippen LogP contribution in [0.1, 0.15) is 12.5 Å². The van der Waals surface area contributed by atoms with E-state index in [0.717, 1.165) is 6.07 Å². The van der Waals surface area contributed by atoms with E-state index in [0.29, 0.717) is 0 Å². The number of hydrogen-bond donors (Lipinski definition) is 1. The van der Waals surface area contributed by atoms with Crippen molar-refractivity contribution in [3.8, 4) is 5.75 Å². The number of nitro benzene ring substituents is 1. The van der Waals surface area contributed by atoms with Crippen LogP contribution in [-0.4, -0.2) is 16.0 Å². The van der Waals surface area contributed by atoms with Gasteiger partial charge in [-0.05, 0) is 12.1 Å². The van der Waals surface area contributed by atoms with Crippen LogP contribution in [0.4, 0.5) is 5.69 Å². The quantitative estimate of drug-likeness (QED) is 0.463. The molecule has 6 nitrogen and oxygen atoms in total. The maximum Gasteiger partial charge on any atom is 0.302 e. The van der Waals surface area contributed by atoms with E-state index in [1.165, 1.54) is 19.1 Å². The highest BCUT2D eigenvalue weighted by Gasteiger charge is 2.14. The summed E-state index contributed by atoms with van der Waals surface area (Å²) in [4.78, 5) is 20.5. The Kier molecular flexibility index (Phi) is 3.22. The van der Waals surface area contributed by atoms with Crippen molar-refractivity contribution in [1.29, 1.82) is 0 Å². The fraction of sp³-hybridized carbons (Fsp3) is 0.222. The lowest BCUT2D eigenvalue weighted by molar-refractivity contribution is -0.385. The smallest absolute Gasteiger partial charge is 0.302 e. The van der Waals surface area contributed by atoms with Crippen molar-refractivity contribution in [2.24, 2.45) is 0 Å². The van der Waals surface area contributed by atoms with E-state index in [9.17, 15) is 14.9 Å². The molecule has 0 radical (unpaired) electrons. The number of phenolic OH excluding ortho intramolecular Hbond substituents is 1. The van der Waals surface area contributed by atoms with Crippen LogP contribution in [0.5, 0.6) is 5.75 Å². The van der Waals surface area contributed by atoms with Gasteiger partial charge in [0.15, 0.2) is 0 Å². The first kappa shape index (κ1) is 11.0. The lowest BCUT2D eigenvalue weighted by Gasteiger charge is -2.03. The number of phenols is 1. The van der Waals surface area contributed by atoms with E-state index in [1.54, 1.807) is 0 Å². The standard InChI is InChI=1S/C9H9NO5/c1-6(11)15-5-7-4-8(12)2-3-9(7)10(13)14/h2-4,12H,5H2,1H3. The molecule has 0 saturated heterocycles. The molecule has 1 N–H and O–H groups in total. The molecule has 6 heteroatoms. The van der Waals surface area contributed by atoms with Crippen molar-refractivity contribution < 1.29 is 19.6 Å². The van der Waals surface area contributed by atoms with Crippen LogP contribution < -0.4 is 0 Å². The average Bonchev–Trinajstić information content (AvgIpc) is 2.14. The largest absolute Gasteiger partial charge is 0.508 e. The van der Waals surface area contributed by atoms with Gasteiger partial charge >= 0.3 is 5.97 Å². The Morgan fingerprint density at radius 3 is 2.80 bits per heavy atom. The predicted molar refractivity (Wildman–Crippen MR) is 50.2 cm³/mol. The first-order valence-electron chi connectivity index (χ1n) is 4.10. The molecule has 1 aromatic rings. The Morgan fingerprint density at radius 1 is 1.60 bits per heavy atom. The summed E-state index contributed by atoms with van der Waals surface area (Å²) in [6, 6.07) is 3.56. The van der Waals surface area contributed by atoms with Crippen molar-refractivity contribution in [3.63, 3.8) is 0 Å². The molecule has 0 aliphatic carbocycles. The Balaban J connectivity index is 2.96. The molecular formula is C9H9NO5. The maximum absolute atomic E-state index is 10.6. The minimum absolute atomic E-state index is 0.109. The average molecular weight is 211 g/mol. The zero-order chi connectivity index (χ0) is 11.4. The van der Waals surface area contributed by atoms with Gasteiger partial charge in [0.1, 0.15) is 12.4 Å². The molecule has 0 fully saturated rings. The second kappa shape index (κ2) is 4.41. The van der Waals surface area contributed by atoms with Crippen LogP contribution in [0.15, 0.2) is 18.2 Å². The summed E-state index contributed by atoms with van der Waals surface area (Å²) in [7, 11) is 0. The number of hydrogen-bond acceptors (Lipinski definition) is 5. The molecule has 0 heterocycles. The van der Waals surface area contributed by atoms with Crippen LogP contribution in [0.25, 0.3) is 0 Å². The van der Waals surface area contributed by atoms with E-state index in [2.05, 4.69) is 4.74 Å². The van der Waals surface area contributed by atoms with E-state index in [-0.39, 0.29) is 23.6 Å².